The van der Waals surface area contributed by atoms with Gasteiger partial charge in [-0.05, 0) is 18.2 Å². The van der Waals surface area contributed by atoms with E-state index in [1.54, 1.807) is 0 Å². The van der Waals surface area contributed by atoms with Crippen molar-refractivity contribution < 1.29 is 17.6 Å². The molecule has 16 heavy (non-hydrogen) atoms. The third-order valence-corrected chi connectivity index (χ3v) is 1.92. The van der Waals surface area contributed by atoms with Crippen molar-refractivity contribution in [3.05, 3.63) is 35.1 Å². The van der Waals surface area contributed by atoms with E-state index in [4.69, 9.17) is 11.6 Å². The Morgan fingerprint density at radius 2 is 1.94 bits per heavy atom. The molecule has 0 saturated carbocycles. The van der Waals surface area contributed by atoms with Gasteiger partial charge < -0.3 is 0 Å². The fraction of sp³-hybridized carbons (Fsp3) is 0.273. The van der Waals surface area contributed by atoms with Crippen LogP contribution in [0.2, 0.25) is 0 Å². The molecule has 0 radical (unpaired) electrons. The summed E-state index contributed by atoms with van der Waals surface area (Å²) in [6.07, 6.45) is -4.27. The highest BCUT2D eigenvalue weighted by Gasteiger charge is 2.33. The molecular weight excluding hydrogens is 244 g/mol. The van der Waals surface area contributed by atoms with Crippen LogP contribution in [0.3, 0.4) is 0 Å². The molecule has 1 aromatic rings. The minimum Gasteiger partial charge on any atom is -0.207 e. The van der Waals surface area contributed by atoms with Crippen molar-refractivity contribution in [2.75, 3.05) is 5.88 Å². The molecule has 86 valence electrons. The molecule has 1 rings (SSSR count). The number of rotatable bonds is 1. The summed E-state index contributed by atoms with van der Waals surface area (Å²) in [6.45, 7) is 0. The van der Waals surface area contributed by atoms with Crippen LogP contribution >= 0.6 is 11.6 Å². The number of halogens is 5. The lowest BCUT2D eigenvalue weighted by Gasteiger charge is -2.08. The van der Waals surface area contributed by atoms with Crippen LogP contribution in [-0.2, 0) is 6.18 Å². The zero-order valence-corrected chi connectivity index (χ0v) is 8.79. The number of hydrogen-bond donors (Lipinski definition) is 0. The highest BCUT2D eigenvalue weighted by Crippen LogP contribution is 2.31. The van der Waals surface area contributed by atoms with Gasteiger partial charge in [0.1, 0.15) is 5.82 Å². The Morgan fingerprint density at radius 1 is 1.25 bits per heavy atom. The first-order valence-electron chi connectivity index (χ1n) is 4.36. The van der Waals surface area contributed by atoms with Gasteiger partial charge in [-0.1, -0.05) is 11.8 Å². The van der Waals surface area contributed by atoms with Gasteiger partial charge in [-0.2, -0.15) is 13.2 Å². The zero-order valence-electron chi connectivity index (χ0n) is 8.04. The van der Waals surface area contributed by atoms with Gasteiger partial charge in [0.2, 0.25) is 0 Å². The molecule has 0 unspecified atom stereocenters. The van der Waals surface area contributed by atoms with Crippen molar-refractivity contribution >= 4 is 11.6 Å². The normalized spacial score (nSPS) is 10.8. The molecule has 0 atom stereocenters. The topological polar surface area (TPSA) is 0 Å². The third-order valence-electron chi connectivity index (χ3n) is 1.73. The molecule has 0 saturated heterocycles. The molecule has 0 bridgehead atoms. The lowest BCUT2D eigenvalue weighted by molar-refractivity contribution is -0.137. The molecule has 0 fully saturated rings. The molecule has 0 spiro atoms. The average Bonchev–Trinajstić information content (AvgIpc) is 2.16. The highest BCUT2D eigenvalue weighted by molar-refractivity contribution is 6.18. The third kappa shape index (κ3) is 3.42. The lowest BCUT2D eigenvalue weighted by atomic mass is 10.1. The van der Waals surface area contributed by atoms with E-state index in [-0.39, 0.29) is 17.9 Å². The van der Waals surface area contributed by atoms with Crippen molar-refractivity contribution in [1.82, 2.24) is 0 Å². The summed E-state index contributed by atoms with van der Waals surface area (Å²) in [5.74, 6) is 4.19. The predicted octanol–water partition coefficient (Wildman–Crippen LogP) is 3.82. The summed E-state index contributed by atoms with van der Waals surface area (Å²) in [4.78, 5) is 0. The second-order valence-electron chi connectivity index (χ2n) is 2.93. The monoisotopic (exact) mass is 250 g/mol. The van der Waals surface area contributed by atoms with Gasteiger partial charge in [0, 0.05) is 17.9 Å². The maximum atomic E-state index is 12.8. The second-order valence-corrected chi connectivity index (χ2v) is 3.31. The molecule has 0 aliphatic carbocycles. The van der Waals surface area contributed by atoms with E-state index in [1.165, 1.54) is 0 Å². The Kier molecular flexibility index (Phi) is 4.19. The molecule has 0 aromatic heterocycles. The second kappa shape index (κ2) is 5.22. The minimum atomic E-state index is -4.53. The van der Waals surface area contributed by atoms with Crippen LogP contribution in [0.5, 0.6) is 0 Å². The Morgan fingerprint density at radius 3 is 2.50 bits per heavy atom. The molecular formula is C11H7ClF4. The Hall–Kier alpha value is -1.21. The Bertz CT molecular complexity index is 426. The molecule has 1 aromatic carbocycles. The maximum Gasteiger partial charge on any atom is 0.417 e. The summed E-state index contributed by atoms with van der Waals surface area (Å²) < 4.78 is 50.2. The number of hydrogen-bond acceptors (Lipinski definition) is 0. The van der Waals surface area contributed by atoms with E-state index in [0.29, 0.717) is 6.07 Å². The van der Waals surface area contributed by atoms with E-state index in [1.807, 2.05) is 0 Å². The van der Waals surface area contributed by atoms with Crippen molar-refractivity contribution in [2.45, 2.75) is 12.6 Å². The molecule has 0 aliphatic rings. The van der Waals surface area contributed by atoms with E-state index < -0.39 is 17.6 Å². The average molecular weight is 251 g/mol. The number of benzene rings is 1. The van der Waals surface area contributed by atoms with E-state index in [2.05, 4.69) is 11.8 Å². The lowest BCUT2D eigenvalue weighted by Crippen LogP contribution is -2.07. The largest absolute Gasteiger partial charge is 0.417 e. The Labute approximate surface area is 95.2 Å². The highest BCUT2D eigenvalue weighted by atomic mass is 35.5. The standard InChI is InChI=1S/C11H7ClF4/c12-6-2-1-3-8-7-9(13)4-5-10(8)11(14,15)16/h4-5,7H,2,6H2. The first-order valence-corrected chi connectivity index (χ1v) is 4.90. The summed E-state index contributed by atoms with van der Waals surface area (Å²) in [5, 5.41) is 0. The van der Waals surface area contributed by atoms with Crippen molar-refractivity contribution in [1.29, 1.82) is 0 Å². The van der Waals surface area contributed by atoms with Crippen LogP contribution in [0.4, 0.5) is 17.6 Å². The summed E-state index contributed by atoms with van der Waals surface area (Å²) in [7, 11) is 0. The smallest absolute Gasteiger partial charge is 0.207 e. The van der Waals surface area contributed by atoms with Crippen LogP contribution in [0.25, 0.3) is 0 Å². The van der Waals surface area contributed by atoms with Crippen molar-refractivity contribution in [3.8, 4) is 11.8 Å². The van der Waals surface area contributed by atoms with Gasteiger partial charge in [0.15, 0.2) is 0 Å². The predicted molar refractivity (Wildman–Crippen MR) is 53.6 cm³/mol. The van der Waals surface area contributed by atoms with E-state index in [0.717, 1.165) is 12.1 Å². The summed E-state index contributed by atoms with van der Waals surface area (Å²) in [5.41, 5.74) is -1.30. The SMILES string of the molecule is Fc1ccc(C(F)(F)F)c(C#CCCCl)c1. The first-order chi connectivity index (χ1) is 7.45. The molecule has 0 N–H and O–H groups in total. The van der Waals surface area contributed by atoms with Gasteiger partial charge >= 0.3 is 6.18 Å². The van der Waals surface area contributed by atoms with E-state index >= 15 is 0 Å². The molecule has 0 amide bonds. The quantitative estimate of drug-likeness (QED) is 0.404. The summed E-state index contributed by atoms with van der Waals surface area (Å²) in [6, 6.07) is 2.21. The van der Waals surface area contributed by atoms with Gasteiger partial charge in [-0.3, -0.25) is 0 Å². The minimum absolute atomic E-state index is 0.226. The van der Waals surface area contributed by atoms with Crippen LogP contribution < -0.4 is 0 Å². The molecule has 0 heterocycles. The van der Waals surface area contributed by atoms with Crippen LogP contribution in [0, 0.1) is 17.7 Å². The van der Waals surface area contributed by atoms with Gasteiger partial charge in [0.05, 0.1) is 5.56 Å². The van der Waals surface area contributed by atoms with Crippen molar-refractivity contribution in [2.24, 2.45) is 0 Å². The fourth-order valence-corrected chi connectivity index (χ4v) is 1.17. The van der Waals surface area contributed by atoms with Crippen LogP contribution in [-0.4, -0.2) is 5.88 Å². The van der Waals surface area contributed by atoms with Crippen LogP contribution in [0.15, 0.2) is 18.2 Å². The molecule has 5 heteroatoms. The maximum absolute atomic E-state index is 12.8. The fourth-order valence-electron chi connectivity index (χ4n) is 1.07. The molecule has 0 nitrogen and oxygen atoms in total. The van der Waals surface area contributed by atoms with Gasteiger partial charge in [-0.25, -0.2) is 4.39 Å². The molecule has 0 aliphatic heterocycles. The van der Waals surface area contributed by atoms with Crippen molar-refractivity contribution in [3.63, 3.8) is 0 Å². The van der Waals surface area contributed by atoms with E-state index in [9.17, 15) is 17.6 Å². The van der Waals surface area contributed by atoms with Crippen LogP contribution in [0.1, 0.15) is 17.5 Å². The van der Waals surface area contributed by atoms with Gasteiger partial charge in [0.25, 0.3) is 0 Å². The van der Waals surface area contributed by atoms with Gasteiger partial charge in [-0.15, -0.1) is 11.6 Å². The zero-order chi connectivity index (χ0) is 12.2. The first kappa shape index (κ1) is 12.9. The number of alkyl halides is 4. The summed E-state index contributed by atoms with van der Waals surface area (Å²) >= 11 is 5.33. The Balaban J connectivity index is 3.15.